The minimum atomic E-state index is -0.642. The molecule has 0 aromatic heterocycles. The van der Waals surface area contributed by atoms with Crippen molar-refractivity contribution in [1.82, 2.24) is 4.90 Å². The molecule has 1 aliphatic rings. The van der Waals surface area contributed by atoms with Gasteiger partial charge in [-0.05, 0) is 51.6 Å². The number of aliphatic carboxylic acids is 1. The summed E-state index contributed by atoms with van der Waals surface area (Å²) in [7, 11) is 0. The van der Waals surface area contributed by atoms with E-state index < -0.39 is 11.4 Å². The molecule has 0 amide bonds. The third-order valence-electron chi connectivity index (χ3n) is 4.00. The fourth-order valence-electron chi connectivity index (χ4n) is 2.78. The van der Waals surface area contributed by atoms with E-state index in [0.29, 0.717) is 6.54 Å². The Labute approximate surface area is 105 Å². The maximum atomic E-state index is 11.4. The van der Waals surface area contributed by atoms with Gasteiger partial charge in [0, 0.05) is 6.54 Å². The van der Waals surface area contributed by atoms with Gasteiger partial charge in [-0.1, -0.05) is 20.3 Å². The van der Waals surface area contributed by atoms with Crippen LogP contribution in [0.3, 0.4) is 0 Å². The Morgan fingerprint density at radius 1 is 1.41 bits per heavy atom. The van der Waals surface area contributed by atoms with E-state index in [1.54, 1.807) is 0 Å². The van der Waals surface area contributed by atoms with Crippen LogP contribution in [0.15, 0.2) is 0 Å². The third-order valence-corrected chi connectivity index (χ3v) is 4.00. The van der Waals surface area contributed by atoms with Crippen LogP contribution in [0.5, 0.6) is 0 Å². The molecule has 1 fully saturated rings. The Morgan fingerprint density at radius 3 is 2.71 bits per heavy atom. The van der Waals surface area contributed by atoms with E-state index in [2.05, 4.69) is 18.7 Å². The average molecular weight is 241 g/mol. The number of carbonyl (C=O) groups is 1. The highest BCUT2D eigenvalue weighted by atomic mass is 16.4. The van der Waals surface area contributed by atoms with Gasteiger partial charge < -0.3 is 10.0 Å². The first kappa shape index (κ1) is 14.5. The Bertz CT molecular complexity index is 255. The first-order chi connectivity index (χ1) is 7.98. The van der Waals surface area contributed by atoms with E-state index in [1.165, 1.54) is 19.3 Å². The van der Waals surface area contributed by atoms with Crippen LogP contribution in [0.1, 0.15) is 52.9 Å². The lowest BCUT2D eigenvalue weighted by atomic mass is 9.85. The predicted octanol–water partition coefficient (Wildman–Crippen LogP) is 3.00. The summed E-state index contributed by atoms with van der Waals surface area (Å²) in [5, 5.41) is 9.39. The largest absolute Gasteiger partial charge is 0.481 e. The van der Waals surface area contributed by atoms with E-state index in [4.69, 9.17) is 0 Å². The zero-order valence-electron chi connectivity index (χ0n) is 11.5. The lowest BCUT2D eigenvalue weighted by Gasteiger charge is -2.31. The first-order valence-electron chi connectivity index (χ1n) is 6.93. The fraction of sp³-hybridized carbons (Fsp3) is 0.929. The van der Waals surface area contributed by atoms with Crippen LogP contribution in [-0.2, 0) is 4.79 Å². The second-order valence-electron chi connectivity index (χ2n) is 5.93. The van der Waals surface area contributed by atoms with Crippen LogP contribution in [0.4, 0.5) is 0 Å². The Hall–Kier alpha value is -0.570. The van der Waals surface area contributed by atoms with Gasteiger partial charge in [0.1, 0.15) is 0 Å². The van der Waals surface area contributed by atoms with Crippen molar-refractivity contribution >= 4 is 5.97 Å². The van der Waals surface area contributed by atoms with Gasteiger partial charge in [-0.25, -0.2) is 0 Å². The van der Waals surface area contributed by atoms with Crippen molar-refractivity contribution in [3.63, 3.8) is 0 Å². The topological polar surface area (TPSA) is 40.5 Å². The minimum Gasteiger partial charge on any atom is -0.481 e. The lowest BCUT2D eigenvalue weighted by molar-refractivity contribution is -0.149. The molecule has 2 unspecified atom stereocenters. The zero-order valence-corrected chi connectivity index (χ0v) is 11.5. The number of nitrogens with zero attached hydrogens (tertiary/aromatic N) is 1. The van der Waals surface area contributed by atoms with Crippen LogP contribution < -0.4 is 0 Å². The molecule has 1 rings (SSSR count). The van der Waals surface area contributed by atoms with Crippen molar-refractivity contribution in [3.8, 4) is 0 Å². The molecule has 1 N–H and O–H groups in total. The number of likely N-dealkylation sites (tertiary alicyclic amines) is 1. The van der Waals surface area contributed by atoms with Gasteiger partial charge in [0.15, 0.2) is 0 Å². The summed E-state index contributed by atoms with van der Waals surface area (Å²) in [5.41, 5.74) is -0.567. The molecule has 0 radical (unpaired) electrons. The molecular weight excluding hydrogens is 214 g/mol. The smallest absolute Gasteiger partial charge is 0.310 e. The van der Waals surface area contributed by atoms with E-state index in [1.807, 2.05) is 6.92 Å². The molecule has 1 aliphatic heterocycles. The van der Waals surface area contributed by atoms with Crippen LogP contribution >= 0.6 is 0 Å². The minimum absolute atomic E-state index is 0.567. The fourth-order valence-corrected chi connectivity index (χ4v) is 2.78. The van der Waals surface area contributed by atoms with Crippen LogP contribution in [0.25, 0.3) is 0 Å². The highest BCUT2D eigenvalue weighted by Crippen LogP contribution is 2.27. The molecular formula is C14H27NO2. The summed E-state index contributed by atoms with van der Waals surface area (Å²) in [4.78, 5) is 13.8. The average Bonchev–Trinajstić information content (AvgIpc) is 2.44. The summed E-state index contributed by atoms with van der Waals surface area (Å²) in [6, 6.07) is 0. The molecule has 0 aliphatic carbocycles. The van der Waals surface area contributed by atoms with E-state index in [-0.39, 0.29) is 0 Å². The molecule has 1 saturated heterocycles. The molecule has 0 aromatic carbocycles. The summed E-state index contributed by atoms with van der Waals surface area (Å²) >= 11 is 0. The second kappa shape index (κ2) is 6.39. The molecule has 3 nitrogen and oxygen atoms in total. The summed E-state index contributed by atoms with van der Waals surface area (Å²) in [6.45, 7) is 9.10. The molecule has 0 bridgehead atoms. The number of hydrogen-bond acceptors (Lipinski definition) is 2. The zero-order chi connectivity index (χ0) is 12.9. The molecule has 2 atom stereocenters. The standard InChI is InChI=1S/C14H27NO2/c1-4-8-14(3,13(16)17)11-15-9-5-6-12(2)7-10-15/h12H,4-11H2,1-3H3,(H,16,17). The van der Waals surface area contributed by atoms with Crippen LogP contribution in [0.2, 0.25) is 0 Å². The van der Waals surface area contributed by atoms with Gasteiger partial charge in [0.2, 0.25) is 0 Å². The quantitative estimate of drug-likeness (QED) is 0.804. The van der Waals surface area contributed by atoms with Crippen molar-refractivity contribution in [3.05, 3.63) is 0 Å². The normalized spacial score (nSPS) is 26.2. The van der Waals surface area contributed by atoms with Crippen molar-refractivity contribution in [2.24, 2.45) is 11.3 Å². The predicted molar refractivity (Wildman–Crippen MR) is 70.1 cm³/mol. The van der Waals surface area contributed by atoms with E-state index in [9.17, 15) is 9.90 Å². The number of carboxylic acids is 1. The van der Waals surface area contributed by atoms with Crippen molar-refractivity contribution < 1.29 is 9.90 Å². The van der Waals surface area contributed by atoms with Gasteiger partial charge in [-0.15, -0.1) is 0 Å². The van der Waals surface area contributed by atoms with E-state index in [0.717, 1.165) is 31.8 Å². The first-order valence-corrected chi connectivity index (χ1v) is 6.93. The van der Waals surface area contributed by atoms with Crippen molar-refractivity contribution in [2.75, 3.05) is 19.6 Å². The molecule has 100 valence electrons. The monoisotopic (exact) mass is 241 g/mol. The van der Waals surface area contributed by atoms with Crippen LogP contribution in [-0.4, -0.2) is 35.6 Å². The van der Waals surface area contributed by atoms with Gasteiger partial charge >= 0.3 is 5.97 Å². The number of rotatable bonds is 5. The van der Waals surface area contributed by atoms with Gasteiger partial charge in [0.05, 0.1) is 5.41 Å². The van der Waals surface area contributed by atoms with Gasteiger partial charge in [-0.3, -0.25) is 4.79 Å². The van der Waals surface area contributed by atoms with Crippen molar-refractivity contribution in [1.29, 1.82) is 0 Å². The SMILES string of the molecule is CCCC(C)(CN1CCCC(C)CC1)C(=O)O. The highest BCUT2D eigenvalue weighted by molar-refractivity contribution is 5.74. The van der Waals surface area contributed by atoms with Gasteiger partial charge in [-0.2, -0.15) is 0 Å². The van der Waals surface area contributed by atoms with Gasteiger partial charge in [0.25, 0.3) is 0 Å². The maximum Gasteiger partial charge on any atom is 0.310 e. The van der Waals surface area contributed by atoms with Crippen LogP contribution in [0, 0.1) is 11.3 Å². The summed E-state index contributed by atoms with van der Waals surface area (Å²) < 4.78 is 0. The summed E-state index contributed by atoms with van der Waals surface area (Å²) in [5.74, 6) is 0.152. The van der Waals surface area contributed by atoms with E-state index >= 15 is 0 Å². The molecule has 3 heteroatoms. The Morgan fingerprint density at radius 2 is 2.12 bits per heavy atom. The Balaban J connectivity index is 2.57. The van der Waals surface area contributed by atoms with Crippen molar-refractivity contribution in [2.45, 2.75) is 52.9 Å². The number of carboxylic acid groups (broad SMARTS) is 1. The molecule has 1 heterocycles. The second-order valence-corrected chi connectivity index (χ2v) is 5.93. The summed E-state index contributed by atoms with van der Waals surface area (Å²) in [6.07, 6.45) is 5.42. The lowest BCUT2D eigenvalue weighted by Crippen LogP contribution is -2.41. The maximum absolute atomic E-state index is 11.4. The molecule has 0 saturated carbocycles. The Kier molecular flexibility index (Phi) is 5.44. The third kappa shape index (κ3) is 4.30. The highest BCUT2D eigenvalue weighted by Gasteiger charge is 2.34. The molecule has 17 heavy (non-hydrogen) atoms. The molecule has 0 spiro atoms. The number of hydrogen-bond donors (Lipinski definition) is 1. The molecule has 0 aromatic rings.